The molecule has 2 aromatic rings. The van der Waals surface area contributed by atoms with E-state index in [1.807, 2.05) is 0 Å². The number of anilines is 1. The fraction of sp³-hybridized carbons (Fsp3) is 0.316. The van der Waals surface area contributed by atoms with Crippen LogP contribution < -0.4 is 9.44 Å². The van der Waals surface area contributed by atoms with Crippen LogP contribution in [0.3, 0.4) is 0 Å². The lowest BCUT2D eigenvalue weighted by Crippen LogP contribution is -2.30. The fourth-order valence-electron chi connectivity index (χ4n) is 3.23. The zero-order valence-electron chi connectivity index (χ0n) is 16.7. The van der Waals surface area contributed by atoms with Crippen molar-refractivity contribution in [2.24, 2.45) is 4.99 Å². The number of nitrogens with one attached hydrogen (secondary N) is 2. The molecule has 0 spiro atoms. The summed E-state index contributed by atoms with van der Waals surface area (Å²) in [4.78, 5) is 14.1. The van der Waals surface area contributed by atoms with Gasteiger partial charge >= 0.3 is 0 Å². The number of hydrogen-bond donors (Lipinski definition) is 2. The second-order valence-corrected chi connectivity index (χ2v) is 10.4. The first-order valence-corrected chi connectivity index (χ1v) is 12.5. The third kappa shape index (κ3) is 5.39. The summed E-state index contributed by atoms with van der Waals surface area (Å²) >= 11 is 0. The number of sulfonamides is 2. The average Bonchev–Trinajstić information content (AvgIpc) is 2.95. The predicted molar refractivity (Wildman–Crippen MR) is 116 cm³/mol. The molecule has 0 aliphatic carbocycles. The van der Waals surface area contributed by atoms with E-state index in [1.54, 1.807) is 0 Å². The van der Waals surface area contributed by atoms with E-state index in [2.05, 4.69) is 14.4 Å². The van der Waals surface area contributed by atoms with Crippen molar-refractivity contribution < 1.29 is 21.8 Å². The highest BCUT2D eigenvalue weighted by Gasteiger charge is 2.28. The minimum absolute atomic E-state index is 0.0387. The fourth-order valence-corrected chi connectivity index (χ4v) is 5.82. The van der Waals surface area contributed by atoms with Crippen LogP contribution in [-0.4, -0.2) is 34.1 Å². The number of aliphatic imine (C=N–C) groups is 1. The van der Waals surface area contributed by atoms with Crippen LogP contribution in [0.4, 0.5) is 11.4 Å². The van der Waals surface area contributed by atoms with Crippen molar-refractivity contribution in [2.45, 2.75) is 42.4 Å². The van der Waals surface area contributed by atoms with E-state index < -0.39 is 35.6 Å². The van der Waals surface area contributed by atoms with Gasteiger partial charge in [-0.2, -0.15) is 0 Å². The Morgan fingerprint density at radius 3 is 2.45 bits per heavy atom. The topological polar surface area (TPSA) is 148 Å². The molecule has 2 N–H and O–H groups in total. The normalized spacial score (nSPS) is 14.9. The van der Waals surface area contributed by atoms with Crippen LogP contribution in [0, 0.1) is 17.0 Å². The van der Waals surface area contributed by atoms with Gasteiger partial charge in [-0.3, -0.25) is 24.6 Å². The van der Waals surface area contributed by atoms with Crippen molar-refractivity contribution >= 4 is 37.3 Å². The molecule has 0 unspecified atom stereocenters. The van der Waals surface area contributed by atoms with Crippen LogP contribution in [0.2, 0.25) is 0 Å². The molecule has 166 valence electrons. The monoisotopic (exact) mass is 466 g/mol. The van der Waals surface area contributed by atoms with Crippen molar-refractivity contribution in [1.82, 2.24) is 4.72 Å². The summed E-state index contributed by atoms with van der Waals surface area (Å²) in [5.74, 6) is 0.374. The molecule has 2 aromatic carbocycles. The van der Waals surface area contributed by atoms with Crippen molar-refractivity contribution in [3.63, 3.8) is 0 Å². The van der Waals surface area contributed by atoms with E-state index in [4.69, 9.17) is 0 Å². The van der Waals surface area contributed by atoms with Gasteiger partial charge in [0.15, 0.2) is 4.90 Å². The van der Waals surface area contributed by atoms with Crippen LogP contribution >= 0.6 is 0 Å². The quantitative estimate of drug-likeness (QED) is 0.494. The molecular weight excluding hydrogens is 444 g/mol. The number of benzene rings is 2. The Hall–Kier alpha value is -2.99. The van der Waals surface area contributed by atoms with Gasteiger partial charge in [-0.05, 0) is 43.5 Å². The first-order valence-electron chi connectivity index (χ1n) is 9.53. The molecule has 0 saturated carbocycles. The summed E-state index contributed by atoms with van der Waals surface area (Å²) in [5.41, 5.74) is -0.411. The third-order valence-electron chi connectivity index (χ3n) is 4.68. The number of nitrogens with zero attached hydrogens (tertiary/aromatic N) is 2. The van der Waals surface area contributed by atoms with E-state index in [-0.39, 0.29) is 16.1 Å². The summed E-state index contributed by atoms with van der Waals surface area (Å²) in [6.45, 7) is 1.99. The molecule has 3 rings (SSSR count). The van der Waals surface area contributed by atoms with Gasteiger partial charge in [0.2, 0.25) is 0 Å². The molecule has 0 bridgehead atoms. The first-order chi connectivity index (χ1) is 14.6. The molecule has 0 radical (unpaired) electrons. The van der Waals surface area contributed by atoms with E-state index in [0.29, 0.717) is 18.8 Å². The van der Waals surface area contributed by atoms with Crippen LogP contribution in [0.15, 0.2) is 57.2 Å². The minimum Gasteiger partial charge on any atom is -0.279 e. The maximum atomic E-state index is 12.9. The number of aryl methyl sites for hydroxylation is 1. The SMILES string of the molecule is Cc1cccc([N+](=O)[O-])c1S(=O)(=O)Nc1cccc(S(=O)(=O)NC2=NCCCCC2)c1. The summed E-state index contributed by atoms with van der Waals surface area (Å²) in [7, 11) is -8.32. The van der Waals surface area contributed by atoms with Gasteiger partial charge in [-0.15, -0.1) is 0 Å². The molecule has 0 amide bonds. The molecule has 0 saturated heterocycles. The molecule has 1 aliphatic heterocycles. The van der Waals surface area contributed by atoms with Gasteiger partial charge in [0, 0.05) is 19.0 Å². The molecular formula is C19H22N4O6S2. The highest BCUT2D eigenvalue weighted by Crippen LogP contribution is 2.29. The summed E-state index contributed by atoms with van der Waals surface area (Å²) in [6.07, 6.45) is 3.21. The second-order valence-electron chi connectivity index (χ2n) is 7.06. The number of amidine groups is 1. The summed E-state index contributed by atoms with van der Waals surface area (Å²) in [5, 5.41) is 11.3. The van der Waals surface area contributed by atoms with E-state index in [1.165, 1.54) is 37.3 Å². The van der Waals surface area contributed by atoms with Crippen molar-refractivity contribution in [2.75, 3.05) is 11.3 Å². The van der Waals surface area contributed by atoms with Crippen LogP contribution in [0.25, 0.3) is 0 Å². The van der Waals surface area contributed by atoms with Gasteiger partial charge in [-0.25, -0.2) is 16.8 Å². The van der Waals surface area contributed by atoms with Crippen molar-refractivity contribution in [3.05, 3.63) is 58.1 Å². The molecule has 31 heavy (non-hydrogen) atoms. The Morgan fingerprint density at radius 2 is 1.71 bits per heavy atom. The minimum atomic E-state index is -4.34. The lowest BCUT2D eigenvalue weighted by atomic mass is 10.2. The number of nitro benzene ring substituents is 1. The highest BCUT2D eigenvalue weighted by atomic mass is 32.2. The van der Waals surface area contributed by atoms with E-state index >= 15 is 0 Å². The second kappa shape index (κ2) is 9.02. The van der Waals surface area contributed by atoms with Crippen molar-refractivity contribution in [1.29, 1.82) is 0 Å². The third-order valence-corrected chi connectivity index (χ3v) is 7.63. The van der Waals surface area contributed by atoms with Gasteiger partial charge in [-0.1, -0.05) is 24.6 Å². The molecule has 0 aromatic heterocycles. The molecule has 0 atom stereocenters. The first kappa shape index (κ1) is 22.7. The Bertz CT molecular complexity index is 1240. The number of nitro groups is 1. The zero-order valence-corrected chi connectivity index (χ0v) is 18.4. The predicted octanol–water partition coefficient (Wildman–Crippen LogP) is 2.95. The maximum absolute atomic E-state index is 12.9. The molecule has 10 nitrogen and oxygen atoms in total. The van der Waals surface area contributed by atoms with Crippen LogP contribution in [0.1, 0.15) is 31.2 Å². The average molecular weight is 467 g/mol. The van der Waals surface area contributed by atoms with Gasteiger partial charge < -0.3 is 0 Å². The summed E-state index contributed by atoms with van der Waals surface area (Å²) in [6, 6.07) is 9.16. The Labute approximate surface area is 180 Å². The van der Waals surface area contributed by atoms with Crippen molar-refractivity contribution in [3.8, 4) is 0 Å². The Morgan fingerprint density at radius 1 is 0.968 bits per heavy atom. The standard InChI is InChI=1S/C19H22N4O6S2/c1-14-7-5-10-17(23(24)25)19(14)31(28,29)21-15-8-6-9-16(13-15)30(26,27)22-18-11-3-2-4-12-20-18/h5-10,13,21H,2-4,11-12H2,1H3,(H,20,22). The lowest BCUT2D eigenvalue weighted by Gasteiger charge is -2.13. The van der Waals surface area contributed by atoms with E-state index in [0.717, 1.165) is 31.4 Å². The van der Waals surface area contributed by atoms with Crippen LogP contribution in [-0.2, 0) is 20.0 Å². The number of rotatable bonds is 6. The van der Waals surface area contributed by atoms with E-state index in [9.17, 15) is 26.9 Å². The smallest absolute Gasteiger partial charge is 0.279 e. The van der Waals surface area contributed by atoms with Crippen LogP contribution in [0.5, 0.6) is 0 Å². The van der Waals surface area contributed by atoms with Gasteiger partial charge in [0.1, 0.15) is 5.84 Å². The maximum Gasteiger partial charge on any atom is 0.290 e. The number of hydrogen-bond acceptors (Lipinski definition) is 7. The zero-order chi connectivity index (χ0) is 22.6. The lowest BCUT2D eigenvalue weighted by molar-refractivity contribution is -0.387. The molecule has 12 heteroatoms. The largest absolute Gasteiger partial charge is 0.290 e. The molecule has 1 aliphatic rings. The highest BCUT2D eigenvalue weighted by molar-refractivity contribution is 7.93. The Balaban J connectivity index is 1.90. The van der Waals surface area contributed by atoms with Gasteiger partial charge in [0.05, 0.1) is 15.5 Å². The molecule has 1 heterocycles. The molecule has 0 fully saturated rings. The Kier molecular flexibility index (Phi) is 6.60. The van der Waals surface area contributed by atoms with Gasteiger partial charge in [0.25, 0.3) is 25.7 Å². The summed E-state index contributed by atoms with van der Waals surface area (Å²) < 4.78 is 55.9.